The minimum Gasteiger partial charge on any atom is -0.147 e. The van der Waals surface area contributed by atoms with E-state index < -0.39 is 0 Å². The van der Waals surface area contributed by atoms with Gasteiger partial charge in [0, 0.05) is 14.9 Å². The van der Waals surface area contributed by atoms with Crippen molar-refractivity contribution in [3.63, 3.8) is 0 Å². The van der Waals surface area contributed by atoms with Crippen molar-refractivity contribution in [2.45, 2.75) is 43.1 Å². The van der Waals surface area contributed by atoms with Gasteiger partial charge in [-0.1, -0.05) is 53.8 Å². The molecule has 0 aromatic rings. The second-order valence-corrected chi connectivity index (χ2v) is 5.93. The van der Waals surface area contributed by atoms with Gasteiger partial charge in [0.05, 0.1) is 0 Å². The van der Waals surface area contributed by atoms with Gasteiger partial charge in [0.15, 0.2) is 0 Å². The molecular weight excluding hydrogens is 303 g/mol. The molecular formula is C12H19IS. The van der Waals surface area contributed by atoms with Crippen molar-refractivity contribution in [3.8, 4) is 0 Å². The number of alkyl halides is 1. The van der Waals surface area contributed by atoms with E-state index in [1.165, 1.54) is 25.7 Å². The van der Waals surface area contributed by atoms with Crippen molar-refractivity contribution in [1.29, 1.82) is 0 Å². The summed E-state index contributed by atoms with van der Waals surface area (Å²) < 4.78 is 1.13. The highest BCUT2D eigenvalue weighted by atomic mass is 127. The van der Waals surface area contributed by atoms with Crippen LogP contribution in [0.15, 0.2) is 24.3 Å². The van der Waals surface area contributed by atoms with Crippen LogP contribution in [0.3, 0.4) is 0 Å². The summed E-state index contributed by atoms with van der Waals surface area (Å²) in [5, 5.41) is 1.49. The Morgan fingerprint density at radius 1 is 1.64 bits per heavy atom. The van der Waals surface area contributed by atoms with Crippen molar-refractivity contribution in [1.82, 2.24) is 0 Å². The van der Waals surface area contributed by atoms with Crippen LogP contribution in [0.2, 0.25) is 0 Å². The predicted octanol–water partition coefficient (Wildman–Crippen LogP) is 4.60. The van der Waals surface area contributed by atoms with Crippen LogP contribution in [0, 0.1) is 0 Å². The standard InChI is InChI=1S/C12H19IS/c1-2-11(9-6-10-13)14-12-7-4-3-5-8-12/h4,6-7,9,11-12H,2-3,5,8,10H2,1H3/b9-6-. The molecule has 1 rings (SSSR count). The van der Waals surface area contributed by atoms with Crippen LogP contribution in [0.25, 0.3) is 0 Å². The molecule has 1 aliphatic rings. The monoisotopic (exact) mass is 322 g/mol. The van der Waals surface area contributed by atoms with Gasteiger partial charge in [0.25, 0.3) is 0 Å². The van der Waals surface area contributed by atoms with Crippen molar-refractivity contribution >= 4 is 34.4 Å². The number of halogens is 1. The molecule has 1 aliphatic carbocycles. The molecule has 2 unspecified atom stereocenters. The molecule has 0 nitrogen and oxygen atoms in total. The van der Waals surface area contributed by atoms with E-state index in [1.54, 1.807) is 0 Å². The first kappa shape index (κ1) is 12.6. The lowest BCUT2D eigenvalue weighted by Gasteiger charge is -2.19. The van der Waals surface area contributed by atoms with Gasteiger partial charge in [-0.3, -0.25) is 0 Å². The van der Waals surface area contributed by atoms with Crippen LogP contribution in [0.4, 0.5) is 0 Å². The third-order valence-electron chi connectivity index (χ3n) is 2.40. The fourth-order valence-electron chi connectivity index (χ4n) is 1.60. The first-order chi connectivity index (χ1) is 6.86. The molecule has 0 N–H and O–H groups in total. The van der Waals surface area contributed by atoms with E-state index in [0.29, 0.717) is 0 Å². The molecule has 0 aliphatic heterocycles. The van der Waals surface area contributed by atoms with E-state index in [-0.39, 0.29) is 0 Å². The Hall–Kier alpha value is 0.560. The number of allylic oxidation sites excluding steroid dienone is 2. The van der Waals surface area contributed by atoms with Gasteiger partial charge < -0.3 is 0 Å². The summed E-state index contributed by atoms with van der Waals surface area (Å²) >= 11 is 4.53. The van der Waals surface area contributed by atoms with Gasteiger partial charge in [0.2, 0.25) is 0 Å². The molecule has 0 radical (unpaired) electrons. The van der Waals surface area contributed by atoms with Crippen LogP contribution in [0.1, 0.15) is 32.6 Å². The first-order valence-electron chi connectivity index (χ1n) is 5.41. The highest BCUT2D eigenvalue weighted by Gasteiger charge is 2.12. The maximum absolute atomic E-state index is 2.40. The molecule has 0 aromatic heterocycles. The van der Waals surface area contributed by atoms with Gasteiger partial charge in [-0.2, -0.15) is 0 Å². The predicted molar refractivity (Wildman–Crippen MR) is 76.5 cm³/mol. The van der Waals surface area contributed by atoms with E-state index in [9.17, 15) is 0 Å². The zero-order valence-electron chi connectivity index (χ0n) is 8.79. The number of hydrogen-bond donors (Lipinski definition) is 0. The van der Waals surface area contributed by atoms with Crippen LogP contribution in [-0.2, 0) is 0 Å². The van der Waals surface area contributed by atoms with Crippen LogP contribution < -0.4 is 0 Å². The van der Waals surface area contributed by atoms with E-state index >= 15 is 0 Å². The Morgan fingerprint density at radius 2 is 2.50 bits per heavy atom. The van der Waals surface area contributed by atoms with Crippen LogP contribution in [-0.4, -0.2) is 14.9 Å². The zero-order chi connectivity index (χ0) is 10.2. The molecule has 2 atom stereocenters. The second-order valence-electron chi connectivity index (χ2n) is 3.56. The Bertz CT molecular complexity index is 198. The third-order valence-corrected chi connectivity index (χ3v) is 4.49. The van der Waals surface area contributed by atoms with Gasteiger partial charge in [0.1, 0.15) is 0 Å². The maximum Gasteiger partial charge on any atom is 0.0233 e. The van der Waals surface area contributed by atoms with Crippen molar-refractivity contribution in [2.75, 3.05) is 4.43 Å². The smallest absolute Gasteiger partial charge is 0.0233 e. The molecule has 0 spiro atoms. The average molecular weight is 322 g/mol. The maximum atomic E-state index is 2.40. The van der Waals surface area contributed by atoms with Crippen LogP contribution >= 0.6 is 34.4 Å². The van der Waals surface area contributed by atoms with Gasteiger partial charge in [-0.05, 0) is 25.7 Å². The number of hydrogen-bond acceptors (Lipinski definition) is 1. The highest BCUT2D eigenvalue weighted by molar-refractivity contribution is 14.1. The largest absolute Gasteiger partial charge is 0.147 e. The molecule has 14 heavy (non-hydrogen) atoms. The summed E-state index contributed by atoms with van der Waals surface area (Å²) in [5.41, 5.74) is 0. The van der Waals surface area contributed by atoms with Crippen molar-refractivity contribution < 1.29 is 0 Å². The van der Waals surface area contributed by atoms with E-state index in [0.717, 1.165) is 14.9 Å². The number of rotatable bonds is 5. The Kier molecular flexibility index (Phi) is 7.04. The molecule has 0 fully saturated rings. The zero-order valence-corrected chi connectivity index (χ0v) is 11.8. The normalized spacial score (nSPS) is 24.3. The minimum atomic E-state index is 0.720. The SMILES string of the molecule is CCC(/C=C\CI)SC1C=CCCC1. The summed E-state index contributed by atoms with van der Waals surface area (Å²) in [4.78, 5) is 0. The molecule has 0 amide bonds. The van der Waals surface area contributed by atoms with E-state index in [1.807, 2.05) is 0 Å². The fraction of sp³-hybridized carbons (Fsp3) is 0.667. The second kappa shape index (κ2) is 7.80. The van der Waals surface area contributed by atoms with E-state index in [2.05, 4.69) is 65.6 Å². The molecule has 0 aromatic carbocycles. The van der Waals surface area contributed by atoms with Crippen LogP contribution in [0.5, 0.6) is 0 Å². The number of thioether (sulfide) groups is 1. The summed E-state index contributed by atoms with van der Waals surface area (Å²) in [5.74, 6) is 0. The Morgan fingerprint density at radius 3 is 3.07 bits per heavy atom. The Balaban J connectivity index is 2.34. The molecule has 0 saturated carbocycles. The summed E-state index contributed by atoms with van der Waals surface area (Å²) in [6.45, 7) is 2.28. The summed E-state index contributed by atoms with van der Waals surface area (Å²) in [6.07, 6.45) is 14.7. The third kappa shape index (κ3) is 4.87. The molecule has 2 heteroatoms. The van der Waals surface area contributed by atoms with Gasteiger partial charge in [-0.25, -0.2) is 0 Å². The fourth-order valence-corrected chi connectivity index (χ4v) is 3.24. The van der Waals surface area contributed by atoms with Crippen molar-refractivity contribution in [2.24, 2.45) is 0 Å². The molecule has 80 valence electrons. The highest BCUT2D eigenvalue weighted by Crippen LogP contribution is 2.28. The van der Waals surface area contributed by atoms with E-state index in [4.69, 9.17) is 0 Å². The van der Waals surface area contributed by atoms with Crippen molar-refractivity contribution in [3.05, 3.63) is 24.3 Å². The topological polar surface area (TPSA) is 0 Å². The summed E-state index contributed by atoms with van der Waals surface area (Å²) in [7, 11) is 0. The quantitative estimate of drug-likeness (QED) is 0.405. The van der Waals surface area contributed by atoms with Gasteiger partial charge in [-0.15, -0.1) is 11.8 Å². The average Bonchev–Trinajstić information content (AvgIpc) is 2.25. The first-order valence-corrected chi connectivity index (χ1v) is 7.88. The molecule has 0 heterocycles. The lowest BCUT2D eigenvalue weighted by molar-refractivity contribution is 0.738. The summed E-state index contributed by atoms with van der Waals surface area (Å²) in [6, 6.07) is 0. The molecule has 0 bridgehead atoms. The molecule has 0 saturated heterocycles. The lowest BCUT2D eigenvalue weighted by Crippen LogP contribution is -2.08. The van der Waals surface area contributed by atoms with Gasteiger partial charge >= 0.3 is 0 Å². The Labute approximate surface area is 106 Å². The minimum absolute atomic E-state index is 0.720. The lowest BCUT2D eigenvalue weighted by atomic mass is 10.1.